The Labute approximate surface area is 135 Å². The van der Waals surface area contributed by atoms with Gasteiger partial charge >= 0.3 is 0 Å². The highest BCUT2D eigenvalue weighted by atomic mass is 32.2. The second kappa shape index (κ2) is 6.51. The maximum absolute atomic E-state index is 13.8. The number of pyridine rings is 1. The highest BCUT2D eigenvalue weighted by Gasteiger charge is 2.26. The molecule has 0 bridgehead atoms. The minimum Gasteiger partial charge on any atom is -0.299 e. The van der Waals surface area contributed by atoms with Crippen LogP contribution in [0.5, 0.6) is 0 Å². The predicted molar refractivity (Wildman–Crippen MR) is 87.2 cm³/mol. The number of halogens is 1. The normalized spacial score (nSPS) is 19.5. The zero-order valence-electron chi connectivity index (χ0n) is 13.0. The number of hydrogen-bond acceptors (Lipinski definition) is 4. The van der Waals surface area contributed by atoms with Crippen molar-refractivity contribution in [2.45, 2.75) is 30.7 Å². The van der Waals surface area contributed by atoms with Crippen LogP contribution in [0.4, 0.5) is 4.39 Å². The molecule has 1 saturated heterocycles. The van der Waals surface area contributed by atoms with Crippen LogP contribution >= 0.6 is 0 Å². The Balaban J connectivity index is 1.87. The van der Waals surface area contributed by atoms with Crippen molar-refractivity contribution in [1.29, 1.82) is 0 Å². The molecule has 23 heavy (non-hydrogen) atoms. The Morgan fingerprint density at radius 1 is 1.39 bits per heavy atom. The first-order valence-electron chi connectivity index (χ1n) is 7.80. The smallest absolute Gasteiger partial charge is 0.241 e. The van der Waals surface area contributed by atoms with Crippen LogP contribution in [0, 0.1) is 5.82 Å². The SMILES string of the molecule is CCN1CCC[C@@H]1CNS(=O)(=O)c1ccc(F)c2ncccc12. The van der Waals surface area contributed by atoms with E-state index in [1.807, 2.05) is 0 Å². The van der Waals surface area contributed by atoms with Gasteiger partial charge in [0.15, 0.2) is 0 Å². The molecule has 0 radical (unpaired) electrons. The lowest BCUT2D eigenvalue weighted by atomic mass is 10.2. The average molecular weight is 337 g/mol. The third-order valence-corrected chi connectivity index (χ3v) is 5.87. The zero-order chi connectivity index (χ0) is 16.4. The molecule has 1 aliphatic heterocycles. The maximum Gasteiger partial charge on any atom is 0.241 e. The number of fused-ring (bicyclic) bond motifs is 1. The van der Waals surface area contributed by atoms with Gasteiger partial charge in [-0.15, -0.1) is 0 Å². The van der Waals surface area contributed by atoms with Crippen molar-refractivity contribution in [2.75, 3.05) is 19.6 Å². The van der Waals surface area contributed by atoms with Crippen molar-refractivity contribution >= 4 is 20.9 Å². The molecule has 0 unspecified atom stereocenters. The summed E-state index contributed by atoms with van der Waals surface area (Å²) in [7, 11) is -3.71. The molecule has 3 rings (SSSR count). The van der Waals surface area contributed by atoms with Crippen molar-refractivity contribution in [1.82, 2.24) is 14.6 Å². The lowest BCUT2D eigenvalue weighted by molar-refractivity contribution is 0.268. The third-order valence-electron chi connectivity index (χ3n) is 4.38. The number of likely N-dealkylation sites (tertiary alicyclic amines) is 1. The number of hydrogen-bond donors (Lipinski definition) is 1. The Hall–Kier alpha value is -1.57. The van der Waals surface area contributed by atoms with Crippen LogP contribution in [0.2, 0.25) is 0 Å². The Kier molecular flexibility index (Phi) is 4.61. The summed E-state index contributed by atoms with van der Waals surface area (Å²) in [5.41, 5.74) is 0.0754. The summed E-state index contributed by atoms with van der Waals surface area (Å²) in [6.45, 7) is 4.36. The van der Waals surface area contributed by atoms with E-state index in [1.165, 1.54) is 12.3 Å². The second-order valence-electron chi connectivity index (χ2n) is 5.72. The van der Waals surface area contributed by atoms with Gasteiger partial charge in [-0.05, 0) is 50.2 Å². The van der Waals surface area contributed by atoms with Crippen molar-refractivity contribution in [3.63, 3.8) is 0 Å². The van der Waals surface area contributed by atoms with Gasteiger partial charge in [-0.2, -0.15) is 0 Å². The van der Waals surface area contributed by atoms with E-state index in [0.717, 1.165) is 32.0 Å². The van der Waals surface area contributed by atoms with Crippen LogP contribution in [-0.4, -0.2) is 44.0 Å². The lowest BCUT2D eigenvalue weighted by Crippen LogP contribution is -2.40. The van der Waals surface area contributed by atoms with Crippen molar-refractivity contribution < 1.29 is 12.8 Å². The Morgan fingerprint density at radius 3 is 3.00 bits per heavy atom. The van der Waals surface area contributed by atoms with Crippen LogP contribution < -0.4 is 4.72 Å². The fourth-order valence-electron chi connectivity index (χ4n) is 3.17. The largest absolute Gasteiger partial charge is 0.299 e. The molecular formula is C16H20FN3O2S. The van der Waals surface area contributed by atoms with E-state index in [4.69, 9.17) is 0 Å². The summed E-state index contributed by atoms with van der Waals surface area (Å²) in [6.07, 6.45) is 3.53. The molecule has 124 valence electrons. The van der Waals surface area contributed by atoms with Crippen LogP contribution in [-0.2, 0) is 10.0 Å². The molecule has 1 fully saturated rings. The molecule has 1 aromatic heterocycles. The van der Waals surface area contributed by atoms with E-state index in [9.17, 15) is 12.8 Å². The molecule has 1 aliphatic rings. The molecule has 0 spiro atoms. The number of nitrogens with one attached hydrogen (secondary N) is 1. The van der Waals surface area contributed by atoms with Gasteiger partial charge in [0, 0.05) is 24.2 Å². The summed E-state index contributed by atoms with van der Waals surface area (Å²) in [5.74, 6) is -0.521. The van der Waals surface area contributed by atoms with E-state index in [-0.39, 0.29) is 16.5 Å². The Morgan fingerprint density at radius 2 is 2.22 bits per heavy atom. The number of likely N-dealkylation sites (N-methyl/N-ethyl adjacent to an activating group) is 1. The van der Waals surface area contributed by atoms with E-state index >= 15 is 0 Å². The van der Waals surface area contributed by atoms with E-state index in [0.29, 0.717) is 11.9 Å². The molecule has 1 N–H and O–H groups in total. The number of aromatic nitrogens is 1. The first kappa shape index (κ1) is 16.3. The highest BCUT2D eigenvalue weighted by Crippen LogP contribution is 2.24. The molecule has 1 atom stereocenters. The van der Waals surface area contributed by atoms with Gasteiger partial charge in [0.1, 0.15) is 11.3 Å². The number of sulfonamides is 1. The number of benzene rings is 1. The average Bonchev–Trinajstić information content (AvgIpc) is 3.01. The van der Waals surface area contributed by atoms with Gasteiger partial charge in [0.25, 0.3) is 0 Å². The fourth-order valence-corrected chi connectivity index (χ4v) is 4.44. The second-order valence-corrected chi connectivity index (χ2v) is 7.46. The molecule has 1 aromatic carbocycles. The molecule has 2 heterocycles. The summed E-state index contributed by atoms with van der Waals surface area (Å²) in [5, 5.41) is 0.304. The molecule has 0 aliphatic carbocycles. The standard InChI is InChI=1S/C16H20FN3O2S/c1-2-20-10-4-5-12(20)11-19-23(21,22)15-8-7-14(17)16-13(15)6-3-9-18-16/h3,6-9,12,19H,2,4-5,10-11H2,1H3/t12-/m1/s1. The van der Waals surface area contributed by atoms with E-state index in [2.05, 4.69) is 21.5 Å². The van der Waals surface area contributed by atoms with Crippen LogP contribution in [0.15, 0.2) is 35.4 Å². The minimum absolute atomic E-state index is 0.0723. The Bertz CT molecular complexity index is 810. The zero-order valence-corrected chi connectivity index (χ0v) is 13.8. The molecule has 2 aromatic rings. The molecular weight excluding hydrogens is 317 g/mol. The van der Waals surface area contributed by atoms with Crippen LogP contribution in [0.1, 0.15) is 19.8 Å². The van der Waals surface area contributed by atoms with Crippen molar-refractivity contribution in [2.24, 2.45) is 0 Å². The third kappa shape index (κ3) is 3.22. The topological polar surface area (TPSA) is 62.3 Å². The first-order valence-corrected chi connectivity index (χ1v) is 9.28. The first-order chi connectivity index (χ1) is 11.0. The number of nitrogens with zero attached hydrogens (tertiary/aromatic N) is 2. The van der Waals surface area contributed by atoms with E-state index < -0.39 is 15.8 Å². The van der Waals surface area contributed by atoms with Crippen LogP contribution in [0.3, 0.4) is 0 Å². The quantitative estimate of drug-likeness (QED) is 0.908. The number of rotatable bonds is 5. The van der Waals surface area contributed by atoms with Crippen LogP contribution in [0.25, 0.3) is 10.9 Å². The minimum atomic E-state index is -3.71. The maximum atomic E-state index is 13.8. The predicted octanol–water partition coefficient (Wildman–Crippen LogP) is 2.14. The molecule has 0 saturated carbocycles. The van der Waals surface area contributed by atoms with Gasteiger partial charge in [-0.3, -0.25) is 9.88 Å². The molecule has 0 amide bonds. The van der Waals surface area contributed by atoms with Crippen molar-refractivity contribution in [3.05, 3.63) is 36.3 Å². The van der Waals surface area contributed by atoms with Crippen molar-refractivity contribution in [3.8, 4) is 0 Å². The lowest BCUT2D eigenvalue weighted by Gasteiger charge is -2.23. The fraction of sp³-hybridized carbons (Fsp3) is 0.438. The monoisotopic (exact) mass is 337 g/mol. The van der Waals surface area contributed by atoms with Gasteiger partial charge in [0.2, 0.25) is 10.0 Å². The molecule has 5 nitrogen and oxygen atoms in total. The highest BCUT2D eigenvalue weighted by molar-refractivity contribution is 7.89. The summed E-state index contributed by atoms with van der Waals surface area (Å²) >= 11 is 0. The van der Waals surface area contributed by atoms with E-state index in [1.54, 1.807) is 12.1 Å². The van der Waals surface area contributed by atoms with Gasteiger partial charge in [-0.1, -0.05) is 6.92 Å². The molecule has 7 heteroatoms. The summed E-state index contributed by atoms with van der Waals surface area (Å²) in [4.78, 5) is 6.29. The summed E-state index contributed by atoms with van der Waals surface area (Å²) in [6, 6.07) is 5.86. The van der Waals surface area contributed by atoms with Gasteiger partial charge in [-0.25, -0.2) is 17.5 Å². The van der Waals surface area contributed by atoms with Gasteiger partial charge in [0.05, 0.1) is 4.90 Å². The van der Waals surface area contributed by atoms with Gasteiger partial charge < -0.3 is 0 Å². The summed E-state index contributed by atoms with van der Waals surface area (Å²) < 4.78 is 41.7.